The van der Waals surface area contributed by atoms with Gasteiger partial charge in [-0.3, -0.25) is 4.21 Å². The van der Waals surface area contributed by atoms with E-state index in [9.17, 15) is 4.21 Å². The van der Waals surface area contributed by atoms with Gasteiger partial charge >= 0.3 is 0 Å². The van der Waals surface area contributed by atoms with Gasteiger partial charge in [-0.15, -0.1) is 0 Å². The van der Waals surface area contributed by atoms with Crippen LogP contribution in [-0.2, 0) is 16.6 Å². The van der Waals surface area contributed by atoms with Crippen molar-refractivity contribution in [2.45, 2.75) is 5.75 Å². The molecule has 0 amide bonds. The van der Waals surface area contributed by atoms with Crippen molar-refractivity contribution in [1.82, 2.24) is 0 Å². The van der Waals surface area contributed by atoms with Gasteiger partial charge in [-0.25, -0.2) is 0 Å². The monoisotopic (exact) mass is 350 g/mol. The number of methoxy groups -OCH3 is 1. The minimum atomic E-state index is -1.02. The van der Waals surface area contributed by atoms with E-state index in [1.54, 1.807) is 12.5 Å². The smallest absolute Gasteiger partial charge is 0.118 e. The first kappa shape index (κ1) is 15.0. The van der Waals surface area contributed by atoms with E-state index < -0.39 is 10.8 Å². The lowest BCUT2D eigenvalue weighted by Gasteiger charge is -2.01. The molecule has 0 radical (unpaired) electrons. The summed E-state index contributed by atoms with van der Waals surface area (Å²) in [5.74, 6) is 1.32. The number of rotatable bonds is 5. The van der Waals surface area contributed by atoms with Crippen LogP contribution in [0.4, 0.5) is 0 Å². The fourth-order valence-electron chi connectivity index (χ4n) is 1.66. The van der Waals surface area contributed by atoms with Crippen molar-refractivity contribution in [2.75, 3.05) is 7.11 Å². The minimum Gasteiger partial charge on any atom is -0.497 e. The van der Waals surface area contributed by atoms with Crippen molar-refractivity contribution in [1.29, 1.82) is 0 Å². The van der Waals surface area contributed by atoms with Crippen LogP contribution in [0.15, 0.2) is 58.4 Å². The van der Waals surface area contributed by atoms with Crippen LogP contribution in [0.2, 0.25) is 0 Å². The number of ether oxygens (including phenoxy) is 1. The number of hydrogen-bond acceptors (Lipinski definition) is 2. The van der Waals surface area contributed by atoms with E-state index in [2.05, 4.69) is 15.9 Å². The molecule has 0 saturated carbocycles. The lowest BCUT2D eigenvalue weighted by molar-refractivity contribution is 0.414. The van der Waals surface area contributed by atoms with Crippen molar-refractivity contribution in [3.63, 3.8) is 0 Å². The zero-order valence-electron chi connectivity index (χ0n) is 11.1. The number of halogens is 1. The molecule has 20 heavy (non-hydrogen) atoms. The Kier molecular flexibility index (Phi) is 5.56. The summed E-state index contributed by atoms with van der Waals surface area (Å²) in [6, 6.07) is 15.5. The summed E-state index contributed by atoms with van der Waals surface area (Å²) in [7, 11) is 0.615. The molecular formula is C16H15BrO2S. The molecular weight excluding hydrogens is 336 g/mol. The molecule has 0 aliphatic heterocycles. The number of hydrogen-bond donors (Lipinski definition) is 0. The third-order valence-corrected chi connectivity index (χ3v) is 4.34. The normalized spacial score (nSPS) is 12.5. The Bertz CT molecular complexity index is 603. The lowest BCUT2D eigenvalue weighted by Crippen LogP contribution is -1.92. The Morgan fingerprint density at radius 3 is 2.35 bits per heavy atom. The fourth-order valence-corrected chi connectivity index (χ4v) is 2.85. The third-order valence-electron chi connectivity index (χ3n) is 2.75. The van der Waals surface area contributed by atoms with Crippen LogP contribution in [0.25, 0.3) is 6.08 Å². The van der Waals surface area contributed by atoms with Crippen molar-refractivity contribution in [2.24, 2.45) is 0 Å². The Labute approximate surface area is 130 Å². The Hall–Kier alpha value is -1.39. The van der Waals surface area contributed by atoms with Crippen LogP contribution < -0.4 is 4.74 Å². The van der Waals surface area contributed by atoms with E-state index in [1.165, 1.54) is 0 Å². The summed E-state index contributed by atoms with van der Waals surface area (Å²) < 4.78 is 18.1. The first-order valence-corrected chi connectivity index (χ1v) is 8.29. The molecule has 0 aliphatic carbocycles. The molecule has 0 heterocycles. The van der Waals surface area contributed by atoms with E-state index in [0.717, 1.165) is 21.3 Å². The van der Waals surface area contributed by atoms with E-state index >= 15 is 0 Å². The Morgan fingerprint density at radius 1 is 1.10 bits per heavy atom. The Balaban J connectivity index is 1.96. The highest BCUT2D eigenvalue weighted by Crippen LogP contribution is 2.14. The maximum Gasteiger partial charge on any atom is 0.118 e. The molecule has 0 spiro atoms. The second-order valence-electron chi connectivity index (χ2n) is 4.23. The van der Waals surface area contributed by atoms with Crippen LogP contribution in [0.1, 0.15) is 11.1 Å². The highest BCUT2D eigenvalue weighted by atomic mass is 79.9. The SMILES string of the molecule is COc1ccc(CS(=O)C=Cc2ccc(Br)cc2)cc1. The maximum atomic E-state index is 12.0. The highest BCUT2D eigenvalue weighted by molar-refractivity contribution is 9.10. The first-order chi connectivity index (χ1) is 9.67. The van der Waals surface area contributed by atoms with Gasteiger partial charge in [0.15, 0.2) is 0 Å². The van der Waals surface area contributed by atoms with Gasteiger partial charge in [0.2, 0.25) is 0 Å². The van der Waals surface area contributed by atoms with E-state index in [1.807, 2.05) is 54.6 Å². The molecule has 1 unspecified atom stereocenters. The standard InChI is InChI=1S/C16H15BrO2S/c1-19-16-8-4-14(5-9-16)12-20(18)11-10-13-2-6-15(17)7-3-13/h2-11H,12H2,1H3. The summed E-state index contributed by atoms with van der Waals surface area (Å²) in [5, 5.41) is 1.73. The Morgan fingerprint density at radius 2 is 1.75 bits per heavy atom. The fraction of sp³-hybridized carbons (Fsp3) is 0.125. The topological polar surface area (TPSA) is 26.3 Å². The molecule has 2 nitrogen and oxygen atoms in total. The van der Waals surface area contributed by atoms with E-state index in [0.29, 0.717) is 5.75 Å². The van der Waals surface area contributed by atoms with Crippen LogP contribution in [0.3, 0.4) is 0 Å². The largest absolute Gasteiger partial charge is 0.497 e. The second kappa shape index (κ2) is 7.41. The molecule has 0 saturated heterocycles. The summed E-state index contributed by atoms with van der Waals surface area (Å²) in [5.41, 5.74) is 2.07. The molecule has 2 aromatic carbocycles. The zero-order valence-corrected chi connectivity index (χ0v) is 13.5. The molecule has 0 aromatic heterocycles. The molecule has 0 fully saturated rings. The van der Waals surface area contributed by atoms with Crippen molar-refractivity contribution in [3.8, 4) is 5.75 Å². The van der Waals surface area contributed by atoms with Crippen molar-refractivity contribution < 1.29 is 8.95 Å². The van der Waals surface area contributed by atoms with Crippen LogP contribution in [-0.4, -0.2) is 11.3 Å². The van der Waals surface area contributed by atoms with Crippen LogP contribution in [0, 0.1) is 0 Å². The van der Waals surface area contributed by atoms with Gasteiger partial charge in [-0.2, -0.15) is 0 Å². The zero-order chi connectivity index (χ0) is 14.4. The van der Waals surface area contributed by atoms with Gasteiger partial charge in [0, 0.05) is 9.88 Å². The summed E-state index contributed by atoms with van der Waals surface area (Å²) in [6.45, 7) is 0. The summed E-state index contributed by atoms with van der Waals surface area (Å²) in [4.78, 5) is 0. The van der Waals surface area contributed by atoms with Gasteiger partial charge in [-0.1, -0.05) is 40.2 Å². The molecule has 104 valence electrons. The van der Waals surface area contributed by atoms with Gasteiger partial charge in [0.1, 0.15) is 5.75 Å². The molecule has 4 heteroatoms. The predicted molar refractivity (Wildman–Crippen MR) is 88.0 cm³/mol. The molecule has 2 rings (SSSR count). The molecule has 1 atom stereocenters. The van der Waals surface area contributed by atoms with Gasteiger partial charge in [0.25, 0.3) is 0 Å². The number of benzene rings is 2. The third kappa shape index (κ3) is 4.62. The second-order valence-corrected chi connectivity index (χ2v) is 6.47. The van der Waals surface area contributed by atoms with Gasteiger partial charge < -0.3 is 4.74 Å². The van der Waals surface area contributed by atoms with Crippen LogP contribution >= 0.6 is 15.9 Å². The predicted octanol–water partition coefficient (Wildman–Crippen LogP) is 4.38. The quantitative estimate of drug-likeness (QED) is 0.799. The van der Waals surface area contributed by atoms with Crippen LogP contribution in [0.5, 0.6) is 5.75 Å². The summed E-state index contributed by atoms with van der Waals surface area (Å²) in [6.07, 6.45) is 1.88. The average Bonchev–Trinajstić information content (AvgIpc) is 2.47. The lowest BCUT2D eigenvalue weighted by atomic mass is 10.2. The minimum absolute atomic E-state index is 0.511. The van der Waals surface area contributed by atoms with Gasteiger partial charge in [0.05, 0.1) is 23.7 Å². The summed E-state index contributed by atoms with van der Waals surface area (Å²) >= 11 is 3.39. The van der Waals surface area contributed by atoms with E-state index in [4.69, 9.17) is 4.74 Å². The van der Waals surface area contributed by atoms with Crippen molar-refractivity contribution >= 4 is 32.8 Å². The van der Waals surface area contributed by atoms with Gasteiger partial charge in [-0.05, 0) is 41.5 Å². The molecule has 2 aromatic rings. The molecule has 0 aliphatic rings. The van der Waals surface area contributed by atoms with E-state index in [-0.39, 0.29) is 0 Å². The molecule has 0 N–H and O–H groups in total. The van der Waals surface area contributed by atoms with Crippen molar-refractivity contribution in [3.05, 3.63) is 69.5 Å². The first-order valence-electron chi connectivity index (χ1n) is 6.11. The molecule has 0 bridgehead atoms. The maximum absolute atomic E-state index is 12.0. The average molecular weight is 351 g/mol. The highest BCUT2D eigenvalue weighted by Gasteiger charge is 1.99.